The quantitative estimate of drug-likeness (QED) is 0.741. The molecule has 0 heterocycles. The van der Waals surface area contributed by atoms with Crippen molar-refractivity contribution in [2.75, 3.05) is 0 Å². The molecule has 2 rings (SSSR count). The van der Waals surface area contributed by atoms with Gasteiger partial charge in [0, 0.05) is 5.56 Å². The number of phenolic OH excluding ortho intramolecular Hbond substituents is 1. The zero-order valence-corrected chi connectivity index (χ0v) is 8.99. The fraction of sp³-hybridized carbons (Fsp3) is 0.143. The van der Waals surface area contributed by atoms with Crippen molar-refractivity contribution in [2.24, 2.45) is 0 Å². The van der Waals surface area contributed by atoms with Crippen LogP contribution in [0, 0.1) is 13.8 Å². The molecule has 0 aliphatic rings. The van der Waals surface area contributed by atoms with Gasteiger partial charge in [0.1, 0.15) is 5.75 Å². The molecular formula is C14H14O. The molecule has 0 bridgehead atoms. The van der Waals surface area contributed by atoms with Gasteiger partial charge in [-0.25, -0.2) is 0 Å². The number of aryl methyl sites for hydroxylation is 1. The summed E-state index contributed by atoms with van der Waals surface area (Å²) >= 11 is 0. The Kier molecular flexibility index (Phi) is 2.46. The van der Waals surface area contributed by atoms with Crippen LogP contribution >= 0.6 is 0 Å². The Bertz CT molecular complexity index is 472. The number of aromatic hydroxyl groups is 1. The number of rotatable bonds is 1. The Labute approximate surface area is 90.0 Å². The van der Waals surface area contributed by atoms with Crippen molar-refractivity contribution in [1.29, 1.82) is 0 Å². The average Bonchev–Trinajstić information content (AvgIpc) is 2.27. The van der Waals surface area contributed by atoms with Crippen LogP contribution in [-0.2, 0) is 0 Å². The van der Waals surface area contributed by atoms with Crippen molar-refractivity contribution in [3.63, 3.8) is 0 Å². The van der Waals surface area contributed by atoms with E-state index in [1.54, 1.807) is 0 Å². The number of hydrogen-bond acceptors (Lipinski definition) is 1. The van der Waals surface area contributed by atoms with Crippen LogP contribution < -0.4 is 0 Å². The second kappa shape index (κ2) is 3.77. The maximum absolute atomic E-state index is 10.0. The second-order valence-electron chi connectivity index (χ2n) is 3.77. The van der Waals surface area contributed by atoms with Crippen molar-refractivity contribution in [3.8, 4) is 16.9 Å². The minimum Gasteiger partial charge on any atom is -0.507 e. The minimum absolute atomic E-state index is 0.390. The molecule has 0 aromatic heterocycles. The first-order valence-corrected chi connectivity index (χ1v) is 5.04. The van der Waals surface area contributed by atoms with E-state index >= 15 is 0 Å². The third-order valence-electron chi connectivity index (χ3n) is 2.79. The van der Waals surface area contributed by atoms with E-state index < -0.39 is 0 Å². The van der Waals surface area contributed by atoms with Crippen LogP contribution in [0.2, 0.25) is 0 Å². The summed E-state index contributed by atoms with van der Waals surface area (Å²) in [6.45, 7) is 3.95. The molecule has 2 aromatic carbocycles. The summed E-state index contributed by atoms with van der Waals surface area (Å²) in [5.74, 6) is 0.390. The molecule has 2 aromatic rings. The Morgan fingerprint density at radius 1 is 0.867 bits per heavy atom. The molecule has 15 heavy (non-hydrogen) atoms. The lowest BCUT2D eigenvalue weighted by molar-refractivity contribution is 0.472. The van der Waals surface area contributed by atoms with Crippen molar-refractivity contribution < 1.29 is 5.11 Å². The second-order valence-corrected chi connectivity index (χ2v) is 3.77. The van der Waals surface area contributed by atoms with E-state index in [0.717, 1.165) is 22.3 Å². The highest BCUT2D eigenvalue weighted by Crippen LogP contribution is 2.33. The largest absolute Gasteiger partial charge is 0.507 e. The molecule has 0 saturated carbocycles. The van der Waals surface area contributed by atoms with Crippen molar-refractivity contribution in [3.05, 3.63) is 53.6 Å². The van der Waals surface area contributed by atoms with E-state index in [-0.39, 0.29) is 0 Å². The van der Waals surface area contributed by atoms with E-state index in [0.29, 0.717) is 5.75 Å². The van der Waals surface area contributed by atoms with Gasteiger partial charge in [0.2, 0.25) is 0 Å². The summed E-state index contributed by atoms with van der Waals surface area (Å²) in [6.07, 6.45) is 0. The normalized spacial score (nSPS) is 10.3. The van der Waals surface area contributed by atoms with Crippen LogP contribution in [-0.4, -0.2) is 5.11 Å². The van der Waals surface area contributed by atoms with Crippen molar-refractivity contribution >= 4 is 0 Å². The molecule has 0 spiro atoms. The predicted molar refractivity (Wildman–Crippen MR) is 63.0 cm³/mol. The van der Waals surface area contributed by atoms with E-state index in [4.69, 9.17) is 0 Å². The SMILES string of the molecule is Cc1ccc(-c2ccccc2)c(O)c1C. The van der Waals surface area contributed by atoms with Crippen molar-refractivity contribution in [1.82, 2.24) is 0 Å². The first-order chi connectivity index (χ1) is 7.20. The Morgan fingerprint density at radius 3 is 2.20 bits per heavy atom. The lowest BCUT2D eigenvalue weighted by Gasteiger charge is -2.09. The maximum atomic E-state index is 10.0. The van der Waals surface area contributed by atoms with Crippen LogP contribution in [0.15, 0.2) is 42.5 Å². The molecule has 0 aliphatic carbocycles. The highest BCUT2D eigenvalue weighted by Gasteiger charge is 2.07. The Balaban J connectivity index is 2.60. The highest BCUT2D eigenvalue weighted by molar-refractivity contribution is 5.72. The van der Waals surface area contributed by atoms with Gasteiger partial charge in [0.05, 0.1) is 0 Å². The van der Waals surface area contributed by atoms with Gasteiger partial charge < -0.3 is 5.11 Å². The predicted octanol–water partition coefficient (Wildman–Crippen LogP) is 3.68. The zero-order chi connectivity index (χ0) is 10.8. The molecule has 0 amide bonds. The van der Waals surface area contributed by atoms with Gasteiger partial charge in [0.15, 0.2) is 0 Å². The number of phenols is 1. The first-order valence-electron chi connectivity index (χ1n) is 5.04. The third kappa shape index (κ3) is 1.73. The molecule has 0 unspecified atom stereocenters. The molecule has 76 valence electrons. The smallest absolute Gasteiger partial charge is 0.126 e. The molecule has 0 fully saturated rings. The van der Waals surface area contributed by atoms with Crippen LogP contribution in [0.1, 0.15) is 11.1 Å². The molecule has 0 aliphatic heterocycles. The van der Waals surface area contributed by atoms with Gasteiger partial charge in [-0.15, -0.1) is 0 Å². The zero-order valence-electron chi connectivity index (χ0n) is 8.99. The molecule has 0 saturated heterocycles. The van der Waals surface area contributed by atoms with E-state index in [2.05, 4.69) is 0 Å². The van der Waals surface area contributed by atoms with E-state index in [1.165, 1.54) is 0 Å². The average molecular weight is 198 g/mol. The summed E-state index contributed by atoms with van der Waals surface area (Å²) in [4.78, 5) is 0. The molecule has 1 heteroatoms. The van der Waals surface area contributed by atoms with Gasteiger partial charge in [-0.1, -0.05) is 42.5 Å². The monoisotopic (exact) mass is 198 g/mol. The minimum atomic E-state index is 0.390. The summed E-state index contributed by atoms with van der Waals surface area (Å²) < 4.78 is 0. The van der Waals surface area contributed by atoms with Crippen LogP contribution in [0.3, 0.4) is 0 Å². The summed E-state index contributed by atoms with van der Waals surface area (Å²) in [5.41, 5.74) is 4.03. The standard InChI is InChI=1S/C14H14O/c1-10-8-9-13(14(15)11(10)2)12-6-4-3-5-7-12/h3-9,15H,1-2H3. The van der Waals surface area contributed by atoms with Gasteiger partial charge in [-0.05, 0) is 30.5 Å². The fourth-order valence-electron chi connectivity index (χ4n) is 1.65. The highest BCUT2D eigenvalue weighted by atomic mass is 16.3. The van der Waals surface area contributed by atoms with E-state index in [1.807, 2.05) is 56.3 Å². The molecule has 0 radical (unpaired) electrons. The first kappa shape index (κ1) is 9.78. The lowest BCUT2D eigenvalue weighted by Crippen LogP contribution is -1.85. The van der Waals surface area contributed by atoms with Crippen LogP contribution in [0.25, 0.3) is 11.1 Å². The number of hydrogen-bond donors (Lipinski definition) is 1. The van der Waals surface area contributed by atoms with Crippen molar-refractivity contribution in [2.45, 2.75) is 13.8 Å². The number of benzene rings is 2. The topological polar surface area (TPSA) is 20.2 Å². The molecular weight excluding hydrogens is 184 g/mol. The Hall–Kier alpha value is -1.76. The Morgan fingerprint density at radius 2 is 1.53 bits per heavy atom. The molecule has 1 N–H and O–H groups in total. The molecule has 0 atom stereocenters. The fourth-order valence-corrected chi connectivity index (χ4v) is 1.65. The summed E-state index contributed by atoms with van der Waals surface area (Å²) in [7, 11) is 0. The maximum Gasteiger partial charge on any atom is 0.126 e. The van der Waals surface area contributed by atoms with Gasteiger partial charge in [-0.3, -0.25) is 0 Å². The van der Waals surface area contributed by atoms with Crippen LogP contribution in [0.5, 0.6) is 5.75 Å². The van der Waals surface area contributed by atoms with Gasteiger partial charge >= 0.3 is 0 Å². The summed E-state index contributed by atoms with van der Waals surface area (Å²) in [5, 5.41) is 10.0. The lowest BCUT2D eigenvalue weighted by atomic mass is 9.99. The molecule has 1 nitrogen and oxygen atoms in total. The van der Waals surface area contributed by atoms with Gasteiger partial charge in [0.25, 0.3) is 0 Å². The van der Waals surface area contributed by atoms with Crippen LogP contribution in [0.4, 0.5) is 0 Å². The van der Waals surface area contributed by atoms with Gasteiger partial charge in [-0.2, -0.15) is 0 Å². The summed E-state index contributed by atoms with van der Waals surface area (Å²) in [6, 6.07) is 13.9. The van der Waals surface area contributed by atoms with E-state index in [9.17, 15) is 5.11 Å². The third-order valence-corrected chi connectivity index (χ3v) is 2.79.